The number of carboxylic acids is 1. The first-order chi connectivity index (χ1) is 5.63. The Bertz CT molecular complexity index is 124. The van der Waals surface area contributed by atoms with E-state index in [1.165, 1.54) is 0 Å². The molecule has 0 aliphatic carbocycles. The molecule has 0 fully saturated rings. The van der Waals surface area contributed by atoms with Crippen molar-refractivity contribution >= 4 is 17.7 Å². The molecule has 0 aromatic heterocycles. The zero-order valence-electron chi connectivity index (χ0n) is 7.88. The minimum atomic E-state index is -0.675. The molecule has 0 aliphatic heterocycles. The van der Waals surface area contributed by atoms with Gasteiger partial charge in [-0.25, -0.2) is 0 Å². The van der Waals surface area contributed by atoms with Crippen LogP contribution in [0, 0.1) is 0 Å². The van der Waals surface area contributed by atoms with Crippen molar-refractivity contribution in [2.75, 3.05) is 5.75 Å². The van der Waals surface area contributed by atoms with Gasteiger partial charge in [0.25, 0.3) is 0 Å². The molecule has 1 N–H and O–H groups in total. The van der Waals surface area contributed by atoms with E-state index in [1.807, 2.05) is 11.8 Å². The number of aliphatic carboxylic acids is 1. The van der Waals surface area contributed by atoms with Gasteiger partial charge in [-0.2, -0.15) is 11.8 Å². The van der Waals surface area contributed by atoms with Gasteiger partial charge in [-0.15, -0.1) is 0 Å². The Balaban J connectivity index is 2.96. The van der Waals surface area contributed by atoms with Gasteiger partial charge in [-0.3, -0.25) is 4.79 Å². The van der Waals surface area contributed by atoms with Crippen molar-refractivity contribution in [1.29, 1.82) is 0 Å². The van der Waals surface area contributed by atoms with E-state index < -0.39 is 5.97 Å². The second kappa shape index (κ2) is 7.47. The van der Waals surface area contributed by atoms with Crippen molar-refractivity contribution in [2.45, 2.75) is 44.8 Å². The molecule has 2 nitrogen and oxygen atoms in total. The van der Waals surface area contributed by atoms with Crippen molar-refractivity contribution in [3.8, 4) is 0 Å². The summed E-state index contributed by atoms with van der Waals surface area (Å²) in [6.07, 6.45) is 3.35. The lowest BCUT2D eigenvalue weighted by molar-refractivity contribution is -0.137. The third-order valence-electron chi connectivity index (χ3n) is 1.49. The van der Waals surface area contributed by atoms with Crippen molar-refractivity contribution in [2.24, 2.45) is 0 Å². The fourth-order valence-corrected chi connectivity index (χ4v) is 1.72. The number of thioether (sulfide) groups is 1. The predicted molar refractivity (Wildman–Crippen MR) is 53.7 cm³/mol. The molecule has 0 saturated heterocycles. The van der Waals surface area contributed by atoms with E-state index >= 15 is 0 Å². The van der Waals surface area contributed by atoms with Crippen LogP contribution in [0.5, 0.6) is 0 Å². The fourth-order valence-electron chi connectivity index (χ4n) is 0.874. The summed E-state index contributed by atoms with van der Waals surface area (Å²) >= 11 is 1.94. The van der Waals surface area contributed by atoms with E-state index in [-0.39, 0.29) is 0 Å². The molecule has 0 rings (SSSR count). The highest BCUT2D eigenvalue weighted by molar-refractivity contribution is 7.99. The third-order valence-corrected chi connectivity index (χ3v) is 2.68. The molecule has 0 unspecified atom stereocenters. The van der Waals surface area contributed by atoms with Gasteiger partial charge in [0.2, 0.25) is 0 Å². The summed E-state index contributed by atoms with van der Waals surface area (Å²) in [6.45, 7) is 4.36. The van der Waals surface area contributed by atoms with Crippen molar-refractivity contribution in [3.05, 3.63) is 0 Å². The van der Waals surface area contributed by atoms with Crippen LogP contribution < -0.4 is 0 Å². The van der Waals surface area contributed by atoms with Crippen LogP contribution in [0.1, 0.15) is 39.5 Å². The number of carbonyl (C=O) groups is 1. The van der Waals surface area contributed by atoms with Gasteiger partial charge < -0.3 is 5.11 Å². The summed E-state index contributed by atoms with van der Waals surface area (Å²) in [7, 11) is 0. The number of rotatable bonds is 7. The Labute approximate surface area is 78.7 Å². The Morgan fingerprint density at radius 3 is 2.50 bits per heavy atom. The van der Waals surface area contributed by atoms with E-state index in [4.69, 9.17) is 5.11 Å². The SMILES string of the molecule is CC(C)SCCCCCC(=O)O. The predicted octanol–water partition coefficient (Wildman–Crippen LogP) is 2.77. The van der Waals surface area contributed by atoms with Crippen LogP contribution in [-0.4, -0.2) is 22.1 Å². The van der Waals surface area contributed by atoms with Gasteiger partial charge in [0.05, 0.1) is 0 Å². The monoisotopic (exact) mass is 190 g/mol. The summed E-state index contributed by atoms with van der Waals surface area (Å²) in [5, 5.41) is 9.05. The average molecular weight is 190 g/mol. The lowest BCUT2D eigenvalue weighted by Gasteiger charge is -2.03. The Morgan fingerprint density at radius 1 is 1.33 bits per heavy atom. The first-order valence-corrected chi connectivity index (χ1v) is 5.51. The standard InChI is InChI=1S/C9H18O2S/c1-8(2)12-7-5-3-4-6-9(10)11/h8H,3-7H2,1-2H3,(H,10,11). The lowest BCUT2D eigenvalue weighted by Crippen LogP contribution is -1.94. The van der Waals surface area contributed by atoms with Crippen LogP contribution in [0.2, 0.25) is 0 Å². The molecular weight excluding hydrogens is 172 g/mol. The van der Waals surface area contributed by atoms with Crippen LogP contribution in [0.15, 0.2) is 0 Å². The highest BCUT2D eigenvalue weighted by Crippen LogP contribution is 2.12. The summed E-state index contributed by atoms with van der Waals surface area (Å²) in [6, 6.07) is 0. The molecule has 0 saturated carbocycles. The summed E-state index contributed by atoms with van der Waals surface area (Å²) < 4.78 is 0. The first kappa shape index (κ1) is 11.8. The Morgan fingerprint density at radius 2 is 2.00 bits per heavy atom. The Kier molecular flexibility index (Phi) is 7.36. The molecule has 0 radical (unpaired) electrons. The van der Waals surface area contributed by atoms with E-state index in [0.29, 0.717) is 11.7 Å². The molecule has 0 aromatic rings. The molecule has 0 heterocycles. The molecular formula is C9H18O2S. The minimum absolute atomic E-state index is 0.326. The maximum absolute atomic E-state index is 10.1. The zero-order chi connectivity index (χ0) is 9.40. The van der Waals surface area contributed by atoms with Crippen LogP contribution in [0.3, 0.4) is 0 Å². The maximum Gasteiger partial charge on any atom is 0.303 e. The quantitative estimate of drug-likeness (QED) is 0.627. The van der Waals surface area contributed by atoms with Crippen molar-refractivity contribution in [3.63, 3.8) is 0 Å². The second-order valence-electron chi connectivity index (χ2n) is 3.12. The molecule has 0 amide bonds. The topological polar surface area (TPSA) is 37.3 Å². The minimum Gasteiger partial charge on any atom is -0.481 e. The van der Waals surface area contributed by atoms with Gasteiger partial charge in [0.15, 0.2) is 0 Å². The van der Waals surface area contributed by atoms with Gasteiger partial charge in [0.1, 0.15) is 0 Å². The first-order valence-electron chi connectivity index (χ1n) is 4.46. The normalized spacial score (nSPS) is 10.6. The molecule has 0 aliphatic rings. The Hall–Kier alpha value is -0.180. The van der Waals surface area contributed by atoms with Gasteiger partial charge in [-0.05, 0) is 23.8 Å². The maximum atomic E-state index is 10.1. The largest absolute Gasteiger partial charge is 0.481 e. The second-order valence-corrected chi connectivity index (χ2v) is 4.81. The van der Waals surface area contributed by atoms with E-state index in [9.17, 15) is 4.79 Å². The smallest absolute Gasteiger partial charge is 0.303 e. The van der Waals surface area contributed by atoms with Crippen LogP contribution >= 0.6 is 11.8 Å². The molecule has 3 heteroatoms. The molecule has 0 atom stereocenters. The van der Waals surface area contributed by atoms with E-state index in [2.05, 4.69) is 13.8 Å². The molecule has 0 bridgehead atoms. The number of carboxylic acid groups (broad SMARTS) is 1. The molecule has 0 spiro atoms. The van der Waals surface area contributed by atoms with Gasteiger partial charge >= 0.3 is 5.97 Å². The lowest BCUT2D eigenvalue weighted by atomic mass is 10.2. The number of hydrogen-bond donors (Lipinski definition) is 1. The summed E-state index contributed by atoms with van der Waals surface area (Å²) in [5.41, 5.74) is 0. The average Bonchev–Trinajstić information content (AvgIpc) is 1.95. The molecule has 0 aromatic carbocycles. The summed E-state index contributed by atoms with van der Waals surface area (Å²) in [5.74, 6) is 0.489. The highest BCUT2D eigenvalue weighted by Gasteiger charge is 1.97. The van der Waals surface area contributed by atoms with E-state index in [0.717, 1.165) is 25.0 Å². The highest BCUT2D eigenvalue weighted by atomic mass is 32.2. The van der Waals surface area contributed by atoms with E-state index in [1.54, 1.807) is 0 Å². The zero-order valence-corrected chi connectivity index (χ0v) is 8.69. The third kappa shape index (κ3) is 9.82. The van der Waals surface area contributed by atoms with Crippen molar-refractivity contribution in [1.82, 2.24) is 0 Å². The van der Waals surface area contributed by atoms with Gasteiger partial charge in [0, 0.05) is 6.42 Å². The number of hydrogen-bond acceptors (Lipinski definition) is 2. The number of unbranched alkanes of at least 4 members (excludes halogenated alkanes) is 2. The summed E-state index contributed by atoms with van der Waals surface area (Å²) in [4.78, 5) is 10.1. The van der Waals surface area contributed by atoms with Crippen LogP contribution in [-0.2, 0) is 4.79 Å². The van der Waals surface area contributed by atoms with Crippen LogP contribution in [0.4, 0.5) is 0 Å². The molecule has 72 valence electrons. The van der Waals surface area contributed by atoms with Crippen LogP contribution in [0.25, 0.3) is 0 Å². The fraction of sp³-hybridized carbons (Fsp3) is 0.889. The van der Waals surface area contributed by atoms with Crippen molar-refractivity contribution < 1.29 is 9.90 Å². The molecule has 12 heavy (non-hydrogen) atoms. The van der Waals surface area contributed by atoms with Gasteiger partial charge in [-0.1, -0.05) is 20.3 Å².